The van der Waals surface area contributed by atoms with E-state index in [1.165, 1.54) is 24.5 Å². The summed E-state index contributed by atoms with van der Waals surface area (Å²) in [6.07, 6.45) is 3.39. The summed E-state index contributed by atoms with van der Waals surface area (Å²) in [6.45, 7) is 3.83. The zero-order chi connectivity index (χ0) is 27.1. The molecule has 1 aromatic heterocycles. The van der Waals surface area contributed by atoms with E-state index in [0.29, 0.717) is 39.4 Å². The summed E-state index contributed by atoms with van der Waals surface area (Å²) in [5.41, 5.74) is 8.93. The number of halogens is 1. The average Bonchev–Trinajstić information content (AvgIpc) is 2.93. The summed E-state index contributed by atoms with van der Waals surface area (Å²) in [6, 6.07) is 18.9. The first-order valence-electron chi connectivity index (χ1n) is 12.2. The van der Waals surface area contributed by atoms with Crippen LogP contribution in [0.15, 0.2) is 72.9 Å². The minimum absolute atomic E-state index is 0.0746. The quantitative estimate of drug-likeness (QED) is 0.210. The molecule has 0 spiro atoms. The molecule has 9 heteroatoms. The van der Waals surface area contributed by atoms with Gasteiger partial charge < -0.3 is 26.5 Å². The Kier molecular flexibility index (Phi) is 8.27. The lowest BCUT2D eigenvalue weighted by Crippen LogP contribution is -2.35. The van der Waals surface area contributed by atoms with Crippen molar-refractivity contribution in [3.63, 3.8) is 0 Å². The fourth-order valence-corrected chi connectivity index (χ4v) is 3.73. The van der Waals surface area contributed by atoms with Gasteiger partial charge in [-0.25, -0.2) is 14.4 Å². The number of nitrogens with one attached hydrogen (secondary N) is 3. The van der Waals surface area contributed by atoms with Crippen LogP contribution in [0.3, 0.4) is 0 Å². The molecule has 0 aliphatic carbocycles. The van der Waals surface area contributed by atoms with Gasteiger partial charge in [0.25, 0.3) is 5.91 Å². The maximum Gasteiger partial charge on any atom is 0.258 e. The maximum absolute atomic E-state index is 14.1. The van der Waals surface area contributed by atoms with Crippen LogP contribution in [-0.4, -0.2) is 34.7 Å². The van der Waals surface area contributed by atoms with E-state index in [0.717, 1.165) is 17.7 Å². The highest BCUT2D eigenvalue weighted by atomic mass is 19.1. The number of ether oxygens (including phenoxy) is 1. The molecule has 0 saturated heterocycles. The zero-order valence-corrected chi connectivity index (χ0v) is 21.2. The third-order valence-corrected chi connectivity index (χ3v) is 5.96. The van der Waals surface area contributed by atoms with E-state index < -0.39 is 5.82 Å². The van der Waals surface area contributed by atoms with Crippen molar-refractivity contribution < 1.29 is 13.9 Å². The van der Waals surface area contributed by atoms with Crippen molar-refractivity contribution in [2.24, 2.45) is 5.73 Å². The molecule has 5 N–H and O–H groups in total. The van der Waals surface area contributed by atoms with E-state index in [1.807, 2.05) is 44.2 Å². The molecule has 0 saturated carbocycles. The summed E-state index contributed by atoms with van der Waals surface area (Å²) < 4.78 is 19.8. The number of carbonyl (C=O) groups is 1. The van der Waals surface area contributed by atoms with Crippen LogP contribution in [0.1, 0.15) is 25.8 Å². The molecule has 3 aromatic carbocycles. The SMILES string of the molecule is CCC(C)NC(=O)COc1cccc(-c2nc(Nc3ccc(/C(C=N)=C/N)cc3)c3cc(F)ccc3n2)c1. The Balaban J connectivity index is 1.63. The third-order valence-electron chi connectivity index (χ3n) is 5.96. The molecule has 8 nitrogen and oxygen atoms in total. The van der Waals surface area contributed by atoms with Crippen LogP contribution in [0, 0.1) is 11.2 Å². The number of hydrogen-bond acceptors (Lipinski definition) is 7. The Hall–Kier alpha value is -4.79. The number of nitrogens with two attached hydrogens (primary N) is 1. The largest absolute Gasteiger partial charge is 0.484 e. The molecule has 1 atom stereocenters. The molecule has 0 bridgehead atoms. The van der Waals surface area contributed by atoms with Gasteiger partial charge in [-0.15, -0.1) is 0 Å². The fraction of sp³-hybridized carbons (Fsp3) is 0.172. The topological polar surface area (TPSA) is 126 Å². The number of benzene rings is 3. The van der Waals surface area contributed by atoms with Crippen molar-refractivity contribution in [2.45, 2.75) is 26.3 Å². The summed E-state index contributed by atoms with van der Waals surface area (Å²) in [7, 11) is 0. The fourth-order valence-electron chi connectivity index (χ4n) is 3.73. The predicted octanol–water partition coefficient (Wildman–Crippen LogP) is 5.42. The molecular formula is C29H29FN6O2. The first-order chi connectivity index (χ1) is 18.4. The highest BCUT2D eigenvalue weighted by molar-refractivity contribution is 6.08. The second-order valence-corrected chi connectivity index (χ2v) is 8.72. The zero-order valence-electron chi connectivity index (χ0n) is 21.2. The van der Waals surface area contributed by atoms with Crippen LogP contribution >= 0.6 is 0 Å². The van der Waals surface area contributed by atoms with Gasteiger partial charge in [-0.3, -0.25) is 4.79 Å². The second-order valence-electron chi connectivity index (χ2n) is 8.72. The minimum atomic E-state index is -0.401. The number of allylic oxidation sites excluding steroid dienone is 1. The Morgan fingerprint density at radius 3 is 2.63 bits per heavy atom. The summed E-state index contributed by atoms with van der Waals surface area (Å²) in [4.78, 5) is 21.4. The van der Waals surface area contributed by atoms with Crippen molar-refractivity contribution in [2.75, 3.05) is 11.9 Å². The Morgan fingerprint density at radius 1 is 1.13 bits per heavy atom. The Bertz CT molecular complexity index is 1490. The lowest BCUT2D eigenvalue weighted by atomic mass is 10.1. The molecule has 0 radical (unpaired) electrons. The van der Waals surface area contributed by atoms with Gasteiger partial charge in [0.2, 0.25) is 0 Å². The smallest absolute Gasteiger partial charge is 0.258 e. The van der Waals surface area contributed by atoms with Crippen molar-refractivity contribution >= 4 is 40.1 Å². The molecule has 0 aliphatic rings. The maximum atomic E-state index is 14.1. The Labute approximate surface area is 220 Å². The van der Waals surface area contributed by atoms with Crippen LogP contribution in [-0.2, 0) is 4.79 Å². The van der Waals surface area contributed by atoms with Gasteiger partial charge in [0.1, 0.15) is 17.4 Å². The number of nitrogens with zero attached hydrogens (tertiary/aromatic N) is 2. The van der Waals surface area contributed by atoms with E-state index in [9.17, 15) is 9.18 Å². The molecule has 0 fully saturated rings. The molecule has 4 aromatic rings. The number of fused-ring (bicyclic) bond motifs is 1. The van der Waals surface area contributed by atoms with Crippen LogP contribution < -0.4 is 21.1 Å². The van der Waals surface area contributed by atoms with Gasteiger partial charge >= 0.3 is 0 Å². The van der Waals surface area contributed by atoms with Crippen molar-refractivity contribution in [3.8, 4) is 17.1 Å². The normalized spacial score (nSPS) is 12.1. The number of rotatable bonds is 10. The van der Waals surface area contributed by atoms with E-state index >= 15 is 0 Å². The van der Waals surface area contributed by atoms with E-state index in [2.05, 4.69) is 15.6 Å². The number of hydrogen-bond donors (Lipinski definition) is 4. The lowest BCUT2D eigenvalue weighted by Gasteiger charge is -2.13. The highest BCUT2D eigenvalue weighted by Crippen LogP contribution is 2.30. The van der Waals surface area contributed by atoms with Gasteiger partial charge in [0.05, 0.1) is 5.52 Å². The van der Waals surface area contributed by atoms with Gasteiger partial charge in [-0.05, 0) is 61.4 Å². The summed E-state index contributed by atoms with van der Waals surface area (Å²) in [5.74, 6) is 0.751. The first kappa shape index (κ1) is 26.3. The standard InChI is InChI=1S/C29H29FN6O2/c1-3-18(2)33-27(37)17-38-24-6-4-5-20(13-24)28-35-26-12-9-22(30)14-25(26)29(36-28)34-23-10-7-19(8-11-23)21(15-31)16-32/h4-16,18,31H,3,17,32H2,1-2H3,(H,33,37)(H,34,35,36)/b21-16+,31-15?. The molecule has 1 amide bonds. The molecular weight excluding hydrogens is 483 g/mol. The van der Waals surface area contributed by atoms with Crippen molar-refractivity contribution in [1.29, 1.82) is 5.41 Å². The first-order valence-corrected chi connectivity index (χ1v) is 12.2. The van der Waals surface area contributed by atoms with Crippen LogP contribution in [0.4, 0.5) is 15.9 Å². The number of aromatic nitrogens is 2. The third kappa shape index (κ3) is 6.31. The van der Waals surface area contributed by atoms with Crippen LogP contribution in [0.25, 0.3) is 27.9 Å². The van der Waals surface area contributed by atoms with Gasteiger partial charge in [0.15, 0.2) is 12.4 Å². The van der Waals surface area contributed by atoms with E-state index in [-0.39, 0.29) is 18.6 Å². The van der Waals surface area contributed by atoms with E-state index in [1.54, 1.807) is 24.3 Å². The van der Waals surface area contributed by atoms with Gasteiger partial charge in [0, 0.05) is 40.7 Å². The second kappa shape index (κ2) is 12.0. The molecule has 38 heavy (non-hydrogen) atoms. The average molecular weight is 513 g/mol. The molecule has 194 valence electrons. The summed E-state index contributed by atoms with van der Waals surface area (Å²) >= 11 is 0. The molecule has 4 rings (SSSR count). The van der Waals surface area contributed by atoms with E-state index in [4.69, 9.17) is 20.9 Å². The monoisotopic (exact) mass is 512 g/mol. The number of carbonyl (C=O) groups excluding carboxylic acids is 1. The van der Waals surface area contributed by atoms with Crippen LogP contribution in [0.5, 0.6) is 5.75 Å². The molecule has 1 unspecified atom stereocenters. The Morgan fingerprint density at radius 2 is 1.92 bits per heavy atom. The van der Waals surface area contributed by atoms with Gasteiger partial charge in [-0.2, -0.15) is 0 Å². The predicted molar refractivity (Wildman–Crippen MR) is 149 cm³/mol. The summed E-state index contributed by atoms with van der Waals surface area (Å²) in [5, 5.41) is 14.1. The number of anilines is 2. The lowest BCUT2D eigenvalue weighted by molar-refractivity contribution is -0.123. The highest BCUT2D eigenvalue weighted by Gasteiger charge is 2.13. The van der Waals surface area contributed by atoms with Crippen molar-refractivity contribution in [3.05, 3.63) is 84.3 Å². The molecule has 0 aliphatic heterocycles. The van der Waals surface area contributed by atoms with Crippen LogP contribution in [0.2, 0.25) is 0 Å². The number of amides is 1. The molecule has 1 heterocycles. The minimum Gasteiger partial charge on any atom is -0.484 e. The van der Waals surface area contributed by atoms with Crippen molar-refractivity contribution in [1.82, 2.24) is 15.3 Å². The van der Waals surface area contributed by atoms with Gasteiger partial charge in [-0.1, -0.05) is 31.2 Å².